The zero-order valence-electron chi connectivity index (χ0n) is 20.3. The van der Waals surface area contributed by atoms with Crippen molar-refractivity contribution < 1.29 is 17.9 Å². The van der Waals surface area contributed by atoms with Crippen LogP contribution in [0.1, 0.15) is 35.7 Å². The molecule has 0 fully saturated rings. The average molecular weight is 508 g/mol. The molecule has 36 heavy (non-hydrogen) atoms. The van der Waals surface area contributed by atoms with E-state index in [0.717, 1.165) is 11.3 Å². The molecule has 0 atom stereocenters. The Kier molecular flexibility index (Phi) is 7.97. The van der Waals surface area contributed by atoms with E-state index >= 15 is 0 Å². The number of rotatable bonds is 11. The van der Waals surface area contributed by atoms with Crippen molar-refractivity contribution in [2.45, 2.75) is 31.6 Å². The van der Waals surface area contributed by atoms with Crippen LogP contribution < -0.4 is 10.0 Å². The first-order chi connectivity index (χ1) is 17.4. The maximum atomic E-state index is 12.6. The summed E-state index contributed by atoms with van der Waals surface area (Å²) in [6.45, 7) is 4.74. The largest absolute Gasteiger partial charge is 0.462 e. The summed E-state index contributed by atoms with van der Waals surface area (Å²) in [4.78, 5) is 17.3. The monoisotopic (exact) mass is 507 g/mol. The Morgan fingerprint density at radius 2 is 1.72 bits per heavy atom. The summed E-state index contributed by atoms with van der Waals surface area (Å²) >= 11 is 0. The van der Waals surface area contributed by atoms with Gasteiger partial charge in [0.2, 0.25) is 10.0 Å². The number of carbonyl (C=O) groups excluding carboxylic acids is 1. The molecule has 0 aliphatic rings. The molecule has 10 heteroatoms. The van der Waals surface area contributed by atoms with Crippen LogP contribution >= 0.6 is 0 Å². The molecule has 2 aromatic carbocycles. The van der Waals surface area contributed by atoms with Gasteiger partial charge in [0, 0.05) is 19.3 Å². The van der Waals surface area contributed by atoms with Gasteiger partial charge in [0.25, 0.3) is 0 Å². The number of para-hydroxylation sites is 1. The summed E-state index contributed by atoms with van der Waals surface area (Å²) in [5.74, 6) is -0.465. The summed E-state index contributed by atoms with van der Waals surface area (Å²) in [5, 5.41) is 8.50. The number of nitrogens with zero attached hydrogens (tertiary/aromatic N) is 3. The molecule has 4 rings (SSSR count). The van der Waals surface area contributed by atoms with Crippen molar-refractivity contribution in [3.63, 3.8) is 0 Å². The van der Waals surface area contributed by atoms with Crippen LogP contribution in [0.2, 0.25) is 0 Å². The van der Waals surface area contributed by atoms with Gasteiger partial charge in [-0.05, 0) is 51.0 Å². The van der Waals surface area contributed by atoms with E-state index in [1.54, 1.807) is 42.1 Å². The van der Waals surface area contributed by atoms with Crippen molar-refractivity contribution in [1.82, 2.24) is 19.5 Å². The van der Waals surface area contributed by atoms with Gasteiger partial charge in [0.05, 0.1) is 34.5 Å². The number of carbonyl (C=O) groups is 1. The molecule has 4 aromatic rings. The molecular weight excluding hydrogens is 478 g/mol. The second-order valence-corrected chi connectivity index (χ2v) is 10.0. The van der Waals surface area contributed by atoms with Crippen molar-refractivity contribution in [2.75, 3.05) is 25.0 Å². The maximum absolute atomic E-state index is 12.6. The van der Waals surface area contributed by atoms with E-state index in [4.69, 9.17) is 4.74 Å². The zero-order valence-corrected chi connectivity index (χ0v) is 21.1. The van der Waals surface area contributed by atoms with Gasteiger partial charge in [0.1, 0.15) is 5.56 Å². The number of pyridine rings is 1. The second kappa shape index (κ2) is 11.3. The summed E-state index contributed by atoms with van der Waals surface area (Å²) in [5.41, 5.74) is 3.40. The van der Waals surface area contributed by atoms with Crippen molar-refractivity contribution in [3.05, 3.63) is 78.1 Å². The summed E-state index contributed by atoms with van der Waals surface area (Å²) < 4.78 is 34.5. The van der Waals surface area contributed by atoms with Crippen LogP contribution in [0.15, 0.2) is 71.9 Å². The number of hydrogen-bond donors (Lipinski definition) is 2. The average Bonchev–Trinajstić information content (AvgIpc) is 3.31. The summed E-state index contributed by atoms with van der Waals surface area (Å²) in [7, 11) is -3.54. The van der Waals surface area contributed by atoms with Gasteiger partial charge in [0.15, 0.2) is 5.65 Å². The third-order valence-corrected chi connectivity index (χ3v) is 7.10. The van der Waals surface area contributed by atoms with Gasteiger partial charge in [-0.1, -0.05) is 35.9 Å². The predicted octanol–water partition coefficient (Wildman–Crippen LogP) is 4.08. The number of benzene rings is 2. The fraction of sp³-hybridized carbons (Fsp3) is 0.269. The third-order valence-electron chi connectivity index (χ3n) is 5.62. The minimum absolute atomic E-state index is 0.250. The van der Waals surface area contributed by atoms with Gasteiger partial charge >= 0.3 is 5.97 Å². The lowest BCUT2D eigenvalue weighted by molar-refractivity contribution is 0.0527. The first-order valence-electron chi connectivity index (χ1n) is 11.8. The molecule has 9 nitrogen and oxygen atoms in total. The van der Waals surface area contributed by atoms with Crippen LogP contribution in [0.4, 0.5) is 5.69 Å². The Balaban J connectivity index is 1.44. The molecule has 0 saturated heterocycles. The fourth-order valence-corrected chi connectivity index (χ4v) is 4.83. The van der Waals surface area contributed by atoms with Crippen LogP contribution in [0.25, 0.3) is 16.7 Å². The third kappa shape index (κ3) is 5.72. The lowest BCUT2D eigenvalue weighted by Gasteiger charge is -2.13. The summed E-state index contributed by atoms with van der Waals surface area (Å²) in [6, 6.07) is 16.4. The van der Waals surface area contributed by atoms with E-state index in [9.17, 15) is 13.2 Å². The number of aryl methyl sites for hydroxylation is 1. The lowest BCUT2D eigenvalue weighted by Crippen LogP contribution is -2.25. The number of aromatic nitrogens is 3. The number of esters is 1. The van der Waals surface area contributed by atoms with Crippen LogP contribution in [-0.4, -0.2) is 48.8 Å². The SMILES string of the molecule is CCOC(=O)c1cnc2c(cnn2-c2ccccc2)c1NCCCCNS(=O)(=O)c1ccc(C)cc1. The van der Waals surface area contributed by atoms with Crippen LogP contribution in [0, 0.1) is 6.92 Å². The highest BCUT2D eigenvalue weighted by atomic mass is 32.2. The van der Waals surface area contributed by atoms with Crippen LogP contribution in [0.5, 0.6) is 0 Å². The Bertz CT molecular complexity index is 1430. The Hall–Kier alpha value is -3.76. The number of hydrogen-bond acceptors (Lipinski definition) is 7. The molecule has 0 unspecified atom stereocenters. The number of sulfonamides is 1. The number of unbranched alkanes of at least 4 members (excludes halogenated alkanes) is 1. The summed E-state index contributed by atoms with van der Waals surface area (Å²) in [6.07, 6.45) is 4.47. The lowest BCUT2D eigenvalue weighted by atomic mass is 10.1. The maximum Gasteiger partial charge on any atom is 0.341 e. The molecule has 0 bridgehead atoms. The predicted molar refractivity (Wildman–Crippen MR) is 139 cm³/mol. The van der Waals surface area contributed by atoms with Gasteiger partial charge in [-0.3, -0.25) is 0 Å². The second-order valence-electron chi connectivity index (χ2n) is 8.24. The van der Waals surface area contributed by atoms with Crippen molar-refractivity contribution in [3.8, 4) is 5.69 Å². The minimum atomic E-state index is -3.54. The highest BCUT2D eigenvalue weighted by molar-refractivity contribution is 7.89. The highest BCUT2D eigenvalue weighted by Crippen LogP contribution is 2.28. The molecule has 0 spiro atoms. The van der Waals surface area contributed by atoms with Gasteiger partial charge in [-0.25, -0.2) is 27.6 Å². The zero-order chi connectivity index (χ0) is 25.5. The molecule has 2 N–H and O–H groups in total. The standard InChI is InChI=1S/C26H29N5O4S/c1-3-35-26(32)23-17-28-25-22(18-29-31(25)20-9-5-4-6-10-20)24(23)27-15-7-8-16-30-36(33,34)21-13-11-19(2)12-14-21/h4-6,9-14,17-18,30H,3,7-8,15-16H2,1-2H3,(H,27,28). The number of fused-ring (bicyclic) bond motifs is 1. The van der Waals surface area contributed by atoms with Crippen LogP contribution in [0.3, 0.4) is 0 Å². The Morgan fingerprint density at radius 3 is 2.44 bits per heavy atom. The molecule has 0 saturated carbocycles. The van der Waals surface area contributed by atoms with Gasteiger partial charge in [-0.15, -0.1) is 0 Å². The molecule has 188 valence electrons. The fourth-order valence-electron chi connectivity index (χ4n) is 3.76. The van der Waals surface area contributed by atoms with E-state index in [1.165, 1.54) is 6.20 Å². The normalized spacial score (nSPS) is 11.5. The van der Waals surface area contributed by atoms with Crippen molar-refractivity contribution in [2.24, 2.45) is 0 Å². The van der Waals surface area contributed by atoms with E-state index in [2.05, 4.69) is 20.1 Å². The molecule has 0 aliphatic carbocycles. The molecule has 2 heterocycles. The first kappa shape index (κ1) is 25.3. The van der Waals surface area contributed by atoms with E-state index in [-0.39, 0.29) is 11.5 Å². The van der Waals surface area contributed by atoms with Gasteiger partial charge < -0.3 is 10.1 Å². The number of ether oxygens (including phenoxy) is 1. The smallest absolute Gasteiger partial charge is 0.341 e. The van der Waals surface area contributed by atoms with Crippen molar-refractivity contribution >= 4 is 32.7 Å². The number of nitrogens with one attached hydrogen (secondary N) is 2. The molecule has 0 aliphatic heterocycles. The molecule has 0 amide bonds. The topological polar surface area (TPSA) is 115 Å². The van der Waals surface area contributed by atoms with Gasteiger partial charge in [-0.2, -0.15) is 5.10 Å². The molecule has 2 aromatic heterocycles. The van der Waals surface area contributed by atoms with E-state index in [0.29, 0.717) is 48.2 Å². The van der Waals surface area contributed by atoms with E-state index < -0.39 is 16.0 Å². The Labute approximate surface area is 210 Å². The van der Waals surface area contributed by atoms with Crippen LogP contribution in [-0.2, 0) is 14.8 Å². The Morgan fingerprint density at radius 1 is 1.00 bits per heavy atom. The van der Waals surface area contributed by atoms with E-state index in [1.807, 2.05) is 37.3 Å². The molecule has 0 radical (unpaired) electrons. The minimum Gasteiger partial charge on any atom is -0.462 e. The number of anilines is 1. The van der Waals surface area contributed by atoms with Crippen molar-refractivity contribution in [1.29, 1.82) is 0 Å². The quantitative estimate of drug-likeness (QED) is 0.232. The first-order valence-corrected chi connectivity index (χ1v) is 13.3. The highest BCUT2D eigenvalue weighted by Gasteiger charge is 2.19. The molecular formula is C26H29N5O4S.